The zero-order chi connectivity index (χ0) is 21.0. The van der Waals surface area contributed by atoms with Gasteiger partial charge in [-0.25, -0.2) is 0 Å². The Bertz CT molecular complexity index is 949. The molecular weight excluding hydrogens is 368 g/mol. The second-order valence-electron chi connectivity index (χ2n) is 7.60. The first-order valence-electron chi connectivity index (χ1n) is 9.91. The molecule has 0 radical (unpaired) electrons. The Morgan fingerprint density at radius 3 is 2.24 bits per heavy atom. The molecule has 3 aromatic rings. The number of nitro groups is 1. The van der Waals surface area contributed by atoms with E-state index in [0.717, 1.165) is 6.42 Å². The van der Waals surface area contributed by atoms with Crippen LogP contribution in [0.25, 0.3) is 11.5 Å². The van der Waals surface area contributed by atoms with Crippen molar-refractivity contribution in [3.63, 3.8) is 0 Å². The fourth-order valence-electron chi connectivity index (χ4n) is 3.35. The molecule has 0 bridgehead atoms. The van der Waals surface area contributed by atoms with Gasteiger partial charge in [0.1, 0.15) is 6.04 Å². The Morgan fingerprint density at radius 1 is 1.03 bits per heavy atom. The summed E-state index contributed by atoms with van der Waals surface area (Å²) in [5.41, 5.74) is 3.30. The van der Waals surface area contributed by atoms with E-state index in [0.29, 0.717) is 23.3 Å². The normalized spacial score (nSPS) is 13.4. The maximum absolute atomic E-state index is 10.8. The Kier molecular flexibility index (Phi) is 6.39. The first-order valence-corrected chi connectivity index (χ1v) is 9.91. The molecule has 3 rings (SSSR count). The molecule has 0 spiro atoms. The van der Waals surface area contributed by atoms with Crippen molar-refractivity contribution in [1.82, 2.24) is 10.2 Å². The topological polar surface area (TPSA) is 98.7 Å². The molecule has 2 N–H and O–H groups in total. The lowest BCUT2D eigenvalue weighted by atomic mass is 9.94. The van der Waals surface area contributed by atoms with E-state index in [1.165, 1.54) is 23.3 Å². The van der Waals surface area contributed by atoms with Crippen LogP contribution in [0.15, 0.2) is 52.9 Å². The van der Waals surface area contributed by atoms with Gasteiger partial charge in [0, 0.05) is 29.2 Å². The molecule has 0 unspecified atom stereocenters. The van der Waals surface area contributed by atoms with Crippen molar-refractivity contribution < 1.29 is 14.7 Å². The van der Waals surface area contributed by atoms with Crippen molar-refractivity contribution in [1.29, 1.82) is 0 Å². The van der Waals surface area contributed by atoms with Gasteiger partial charge in [-0.3, -0.25) is 10.1 Å². The first-order chi connectivity index (χ1) is 13.9. The van der Waals surface area contributed by atoms with Crippen LogP contribution in [0.2, 0.25) is 0 Å². The highest BCUT2D eigenvalue weighted by atomic mass is 16.6. The van der Waals surface area contributed by atoms with Crippen molar-refractivity contribution >= 4 is 5.69 Å². The fraction of sp³-hybridized carbons (Fsp3) is 0.364. The number of nitrogens with zero attached hydrogens (tertiary/aromatic N) is 3. The standard InChI is InChI=1S/C22H26N4O3/c1-5-16-6-8-17(9-7-16)20(14(2)3)23-15(4)21-24-25-22(29-21)18-10-12-19(13-11-18)26(27)28/h6-15,20,23H,5H2,1-4H3/p+1/t15-,20-/m0/s1. The quantitative estimate of drug-likeness (QED) is 0.454. The minimum Gasteiger partial charge on any atom is -0.415 e. The van der Waals surface area contributed by atoms with Crippen LogP contribution in [0.5, 0.6) is 0 Å². The van der Waals surface area contributed by atoms with E-state index in [-0.39, 0.29) is 17.8 Å². The smallest absolute Gasteiger partial charge is 0.274 e. The number of rotatable bonds is 8. The van der Waals surface area contributed by atoms with Crippen LogP contribution in [0.3, 0.4) is 0 Å². The molecule has 7 heteroatoms. The van der Waals surface area contributed by atoms with Crippen LogP contribution in [0.4, 0.5) is 5.69 Å². The maximum Gasteiger partial charge on any atom is 0.274 e. The summed E-state index contributed by atoms with van der Waals surface area (Å²) in [5, 5.41) is 21.4. The molecule has 29 heavy (non-hydrogen) atoms. The molecule has 0 amide bonds. The van der Waals surface area contributed by atoms with Crippen LogP contribution in [0, 0.1) is 16.0 Å². The molecule has 1 heterocycles. The first kappa shape index (κ1) is 20.7. The minimum absolute atomic E-state index is 0.0208. The SMILES string of the molecule is CCc1ccc([C@@H]([NH2+][C@@H](C)c2nnc(-c3ccc([N+](=O)[O-])cc3)o2)C(C)C)cc1. The van der Waals surface area contributed by atoms with E-state index in [2.05, 4.69) is 60.6 Å². The number of non-ortho nitro benzene ring substituents is 1. The third-order valence-electron chi connectivity index (χ3n) is 5.14. The highest BCUT2D eigenvalue weighted by Gasteiger charge is 2.26. The van der Waals surface area contributed by atoms with Gasteiger partial charge < -0.3 is 9.73 Å². The lowest BCUT2D eigenvalue weighted by Gasteiger charge is -2.22. The maximum atomic E-state index is 10.8. The molecule has 0 fully saturated rings. The molecule has 2 atom stereocenters. The number of quaternary nitrogens is 1. The summed E-state index contributed by atoms with van der Waals surface area (Å²) in [5.74, 6) is 1.33. The lowest BCUT2D eigenvalue weighted by molar-refractivity contribution is -0.739. The van der Waals surface area contributed by atoms with Gasteiger partial charge in [-0.05, 0) is 31.0 Å². The molecule has 2 aromatic carbocycles. The fourth-order valence-corrected chi connectivity index (χ4v) is 3.35. The molecule has 152 valence electrons. The number of nitro benzene ring substituents is 1. The Morgan fingerprint density at radius 2 is 1.69 bits per heavy atom. The summed E-state index contributed by atoms with van der Waals surface area (Å²) in [6.07, 6.45) is 1.03. The number of aryl methyl sites for hydroxylation is 1. The predicted molar refractivity (Wildman–Crippen MR) is 110 cm³/mol. The minimum atomic E-state index is -0.431. The third kappa shape index (κ3) is 4.86. The van der Waals surface area contributed by atoms with Gasteiger partial charge in [0.15, 0.2) is 6.04 Å². The number of benzene rings is 2. The van der Waals surface area contributed by atoms with E-state index >= 15 is 0 Å². The van der Waals surface area contributed by atoms with Gasteiger partial charge >= 0.3 is 0 Å². The van der Waals surface area contributed by atoms with E-state index in [1.54, 1.807) is 12.1 Å². The lowest BCUT2D eigenvalue weighted by Crippen LogP contribution is -2.86. The van der Waals surface area contributed by atoms with Crippen LogP contribution in [-0.4, -0.2) is 15.1 Å². The van der Waals surface area contributed by atoms with E-state index in [4.69, 9.17) is 4.42 Å². The van der Waals surface area contributed by atoms with Crippen molar-refractivity contribution in [2.24, 2.45) is 5.92 Å². The zero-order valence-corrected chi connectivity index (χ0v) is 17.2. The molecule has 0 aliphatic carbocycles. The van der Waals surface area contributed by atoms with Gasteiger partial charge in [-0.2, -0.15) is 0 Å². The number of hydrogen-bond acceptors (Lipinski definition) is 5. The number of aromatic nitrogens is 2. The summed E-state index contributed by atoms with van der Waals surface area (Å²) in [7, 11) is 0. The predicted octanol–water partition coefficient (Wildman–Crippen LogP) is 4.23. The van der Waals surface area contributed by atoms with Gasteiger partial charge in [-0.15, -0.1) is 10.2 Å². The van der Waals surface area contributed by atoms with Crippen LogP contribution in [-0.2, 0) is 6.42 Å². The molecule has 0 aliphatic heterocycles. The van der Waals surface area contributed by atoms with Gasteiger partial charge in [-0.1, -0.05) is 45.0 Å². The van der Waals surface area contributed by atoms with Crippen molar-refractivity contribution in [3.8, 4) is 11.5 Å². The highest BCUT2D eigenvalue weighted by molar-refractivity contribution is 5.55. The van der Waals surface area contributed by atoms with Crippen molar-refractivity contribution in [3.05, 3.63) is 75.7 Å². The summed E-state index contributed by atoms with van der Waals surface area (Å²) in [6.45, 7) is 8.61. The summed E-state index contributed by atoms with van der Waals surface area (Å²) in [4.78, 5) is 10.4. The number of hydrogen-bond donors (Lipinski definition) is 1. The zero-order valence-electron chi connectivity index (χ0n) is 17.2. The Balaban J connectivity index is 1.75. The van der Waals surface area contributed by atoms with Gasteiger partial charge in [0.05, 0.1) is 4.92 Å². The van der Waals surface area contributed by atoms with E-state index < -0.39 is 4.92 Å². The molecular formula is C22H27N4O3+. The molecule has 0 saturated heterocycles. The van der Waals surface area contributed by atoms with E-state index in [9.17, 15) is 10.1 Å². The van der Waals surface area contributed by atoms with Gasteiger partial charge in [0.2, 0.25) is 5.89 Å². The monoisotopic (exact) mass is 395 g/mol. The van der Waals surface area contributed by atoms with Crippen LogP contribution >= 0.6 is 0 Å². The highest BCUT2D eigenvalue weighted by Crippen LogP contribution is 2.24. The molecule has 7 nitrogen and oxygen atoms in total. The summed E-state index contributed by atoms with van der Waals surface area (Å²) >= 11 is 0. The molecule has 0 aliphatic rings. The van der Waals surface area contributed by atoms with Crippen molar-refractivity contribution in [2.75, 3.05) is 0 Å². The van der Waals surface area contributed by atoms with Crippen LogP contribution in [0.1, 0.15) is 56.8 Å². The molecule has 1 aromatic heterocycles. The second-order valence-corrected chi connectivity index (χ2v) is 7.60. The average molecular weight is 395 g/mol. The Hall–Kier alpha value is -3.06. The van der Waals surface area contributed by atoms with E-state index in [1.807, 2.05) is 6.92 Å². The largest absolute Gasteiger partial charge is 0.415 e. The number of nitrogens with two attached hydrogens (primary N) is 1. The van der Waals surface area contributed by atoms with Gasteiger partial charge in [0.25, 0.3) is 11.6 Å². The third-order valence-corrected chi connectivity index (χ3v) is 5.14. The summed E-state index contributed by atoms with van der Waals surface area (Å²) < 4.78 is 5.86. The van der Waals surface area contributed by atoms with Crippen LogP contribution < -0.4 is 5.32 Å². The summed E-state index contributed by atoms with van der Waals surface area (Å²) in [6, 6.07) is 15.1. The van der Waals surface area contributed by atoms with Crippen molar-refractivity contribution in [2.45, 2.75) is 46.2 Å². The molecule has 0 saturated carbocycles. The second kappa shape index (κ2) is 8.96. The average Bonchev–Trinajstić information content (AvgIpc) is 3.22. The Labute approximate surface area is 170 Å².